The second kappa shape index (κ2) is 15.0. The number of benzene rings is 1. The van der Waals surface area contributed by atoms with E-state index in [-0.39, 0.29) is 19.6 Å². The SMILES string of the molecule is C[N+](C)(C)CCOP(=O)(O)OC[C@H](CO)OC(=O)CCCCNC(=O)OCc1ccccc1. The van der Waals surface area contributed by atoms with Gasteiger partial charge in [0.05, 0.1) is 34.4 Å². The van der Waals surface area contributed by atoms with Crippen molar-refractivity contribution >= 4 is 19.9 Å². The number of hydrogen-bond donors (Lipinski definition) is 3. The van der Waals surface area contributed by atoms with E-state index in [1.807, 2.05) is 51.5 Å². The van der Waals surface area contributed by atoms with E-state index in [1.54, 1.807) is 0 Å². The van der Waals surface area contributed by atoms with Gasteiger partial charge in [-0.15, -0.1) is 0 Å². The van der Waals surface area contributed by atoms with Gasteiger partial charge >= 0.3 is 19.9 Å². The number of hydrogen-bond acceptors (Lipinski definition) is 8. The van der Waals surface area contributed by atoms with Gasteiger partial charge in [0.25, 0.3) is 0 Å². The maximum absolute atomic E-state index is 11.9. The third-order valence-corrected chi connectivity index (χ3v) is 5.22. The van der Waals surface area contributed by atoms with Crippen LogP contribution in [0.1, 0.15) is 24.8 Å². The summed E-state index contributed by atoms with van der Waals surface area (Å²) in [5, 5.41) is 11.9. The van der Waals surface area contributed by atoms with Crippen LogP contribution in [-0.2, 0) is 34.5 Å². The summed E-state index contributed by atoms with van der Waals surface area (Å²) >= 11 is 0. The Kier molecular flexibility index (Phi) is 13.2. The lowest BCUT2D eigenvalue weighted by atomic mass is 10.2. The number of quaternary nitrogens is 1. The van der Waals surface area contributed by atoms with Gasteiger partial charge in [-0.25, -0.2) is 9.36 Å². The molecule has 1 aromatic rings. The average molecular weight is 491 g/mol. The lowest BCUT2D eigenvalue weighted by molar-refractivity contribution is -0.870. The second-order valence-electron chi connectivity index (χ2n) is 8.35. The van der Waals surface area contributed by atoms with E-state index in [1.165, 1.54) is 0 Å². The van der Waals surface area contributed by atoms with Crippen molar-refractivity contribution in [2.45, 2.75) is 32.0 Å². The quantitative estimate of drug-likeness (QED) is 0.137. The van der Waals surface area contributed by atoms with Gasteiger partial charge in [-0.3, -0.25) is 13.8 Å². The Morgan fingerprint density at radius 3 is 2.45 bits per heavy atom. The summed E-state index contributed by atoms with van der Waals surface area (Å²) in [6.07, 6.45) is -0.638. The van der Waals surface area contributed by atoms with Crippen LogP contribution in [0.2, 0.25) is 0 Å². The molecule has 1 unspecified atom stereocenters. The summed E-state index contributed by atoms with van der Waals surface area (Å²) in [5.41, 5.74) is 0.881. The van der Waals surface area contributed by atoms with Crippen molar-refractivity contribution in [2.75, 3.05) is 54.1 Å². The van der Waals surface area contributed by atoms with Crippen molar-refractivity contribution in [3.63, 3.8) is 0 Å². The Labute approximate surface area is 194 Å². The highest BCUT2D eigenvalue weighted by Gasteiger charge is 2.25. The highest BCUT2D eigenvalue weighted by molar-refractivity contribution is 7.47. The zero-order chi connectivity index (χ0) is 24.7. The molecule has 0 saturated carbocycles. The largest absolute Gasteiger partial charge is 0.472 e. The van der Waals surface area contributed by atoms with E-state index < -0.39 is 39.2 Å². The summed E-state index contributed by atoms with van der Waals surface area (Å²) in [5.74, 6) is -0.594. The minimum absolute atomic E-state index is 0.00862. The number of phosphoric ester groups is 1. The number of unbranched alkanes of at least 4 members (excludes halogenated alkanes) is 1. The first-order valence-corrected chi connectivity index (χ1v) is 12.2. The minimum Gasteiger partial charge on any atom is -0.457 e. The topological polar surface area (TPSA) is 141 Å². The number of aliphatic hydroxyl groups excluding tert-OH is 1. The molecule has 3 N–H and O–H groups in total. The molecule has 0 radical (unpaired) electrons. The molecule has 0 aliphatic carbocycles. The Hall–Kier alpha value is -2.01. The lowest BCUT2D eigenvalue weighted by Gasteiger charge is -2.24. The van der Waals surface area contributed by atoms with E-state index in [0.717, 1.165) is 5.56 Å². The summed E-state index contributed by atoms with van der Waals surface area (Å²) < 4.78 is 32.2. The van der Waals surface area contributed by atoms with Gasteiger partial charge in [-0.1, -0.05) is 30.3 Å². The Morgan fingerprint density at radius 1 is 1.12 bits per heavy atom. The van der Waals surface area contributed by atoms with Crippen LogP contribution in [0, 0.1) is 0 Å². The molecule has 12 heteroatoms. The number of alkyl carbamates (subject to hydrolysis) is 1. The molecule has 0 aromatic heterocycles. The molecule has 2 atom stereocenters. The Balaban J connectivity index is 2.16. The van der Waals surface area contributed by atoms with Gasteiger partial charge in [0.1, 0.15) is 25.9 Å². The van der Waals surface area contributed by atoms with Crippen LogP contribution in [0.5, 0.6) is 0 Å². The molecule has 0 aliphatic heterocycles. The highest BCUT2D eigenvalue weighted by Crippen LogP contribution is 2.43. The number of esters is 1. The molecular weight excluding hydrogens is 455 g/mol. The molecule has 1 rings (SSSR count). The van der Waals surface area contributed by atoms with Crippen LogP contribution in [0.4, 0.5) is 4.79 Å². The van der Waals surface area contributed by atoms with Crippen LogP contribution in [0.15, 0.2) is 30.3 Å². The summed E-state index contributed by atoms with van der Waals surface area (Å²) in [6.45, 7) is -0.0494. The van der Waals surface area contributed by atoms with Gasteiger partial charge < -0.3 is 29.3 Å². The number of carbonyl (C=O) groups is 2. The van der Waals surface area contributed by atoms with E-state index in [4.69, 9.17) is 18.5 Å². The van der Waals surface area contributed by atoms with Crippen molar-refractivity contribution in [3.8, 4) is 0 Å². The third kappa shape index (κ3) is 15.5. The van der Waals surface area contributed by atoms with Gasteiger partial charge in [-0.05, 0) is 18.4 Å². The van der Waals surface area contributed by atoms with Crippen LogP contribution >= 0.6 is 7.82 Å². The second-order valence-corrected chi connectivity index (χ2v) is 9.81. The molecule has 0 bridgehead atoms. The predicted molar refractivity (Wildman–Crippen MR) is 120 cm³/mol. The standard InChI is InChI=1S/C21H35N2O9P/c1-23(2,3)13-14-30-33(27,28)31-17-19(15-24)32-20(25)11-7-8-12-22-21(26)29-16-18-9-5-4-6-10-18/h4-6,9-10,19,24H,7-8,11-17H2,1-3H3,(H-,22,26,27,28)/p+1/t19-/m0/s1. The normalized spacial score (nSPS) is 14.2. The van der Waals surface area contributed by atoms with Gasteiger partial charge in [0.15, 0.2) is 0 Å². The minimum atomic E-state index is -4.32. The summed E-state index contributed by atoms with van der Waals surface area (Å²) in [4.78, 5) is 33.2. The zero-order valence-corrected chi connectivity index (χ0v) is 20.4. The number of amides is 1. The smallest absolute Gasteiger partial charge is 0.457 e. The molecule has 11 nitrogen and oxygen atoms in total. The maximum Gasteiger partial charge on any atom is 0.472 e. The number of ether oxygens (including phenoxy) is 2. The molecule has 1 aromatic carbocycles. The first-order valence-electron chi connectivity index (χ1n) is 10.7. The van der Waals surface area contributed by atoms with Crippen molar-refractivity contribution in [1.82, 2.24) is 5.32 Å². The van der Waals surface area contributed by atoms with Gasteiger partial charge in [0.2, 0.25) is 0 Å². The average Bonchev–Trinajstić information content (AvgIpc) is 2.74. The molecule has 1 amide bonds. The fraction of sp³-hybridized carbons (Fsp3) is 0.619. The van der Waals surface area contributed by atoms with E-state index >= 15 is 0 Å². The third-order valence-electron chi connectivity index (χ3n) is 4.23. The predicted octanol–water partition coefficient (Wildman–Crippen LogP) is 1.83. The number of nitrogens with one attached hydrogen (secondary N) is 1. The van der Waals surface area contributed by atoms with E-state index in [0.29, 0.717) is 30.4 Å². The number of phosphoric acid groups is 1. The lowest BCUT2D eigenvalue weighted by Crippen LogP contribution is -2.37. The summed E-state index contributed by atoms with van der Waals surface area (Å²) in [6, 6.07) is 9.28. The molecule has 188 valence electrons. The number of carbonyl (C=O) groups excluding carboxylic acids is 2. The monoisotopic (exact) mass is 491 g/mol. The van der Waals surface area contributed by atoms with Crippen molar-refractivity contribution < 1.29 is 47.2 Å². The van der Waals surface area contributed by atoms with Crippen LogP contribution in [0.3, 0.4) is 0 Å². The van der Waals surface area contributed by atoms with Crippen LogP contribution < -0.4 is 5.32 Å². The summed E-state index contributed by atoms with van der Waals surface area (Å²) in [7, 11) is 1.39. The molecule has 0 fully saturated rings. The van der Waals surface area contributed by atoms with Crippen molar-refractivity contribution in [3.05, 3.63) is 35.9 Å². The molecule has 33 heavy (non-hydrogen) atoms. The fourth-order valence-electron chi connectivity index (χ4n) is 2.37. The molecule has 0 aliphatic rings. The van der Waals surface area contributed by atoms with Gasteiger partial charge in [0, 0.05) is 13.0 Å². The highest BCUT2D eigenvalue weighted by atomic mass is 31.2. The van der Waals surface area contributed by atoms with E-state index in [9.17, 15) is 24.2 Å². The Bertz CT molecular complexity index is 756. The number of likely N-dealkylation sites (N-methyl/N-ethyl adjacent to an activating group) is 1. The fourth-order valence-corrected chi connectivity index (χ4v) is 3.11. The van der Waals surface area contributed by atoms with Crippen molar-refractivity contribution in [2.24, 2.45) is 0 Å². The molecular formula is C21H36N2O9P+. The number of nitrogens with zero attached hydrogens (tertiary/aromatic N) is 1. The maximum atomic E-state index is 11.9. The first-order chi connectivity index (χ1) is 15.5. The van der Waals surface area contributed by atoms with Crippen LogP contribution in [0.25, 0.3) is 0 Å². The van der Waals surface area contributed by atoms with Crippen LogP contribution in [-0.4, -0.2) is 86.7 Å². The van der Waals surface area contributed by atoms with Gasteiger partial charge in [-0.2, -0.15) is 0 Å². The molecule has 0 spiro atoms. The van der Waals surface area contributed by atoms with E-state index in [2.05, 4.69) is 5.32 Å². The number of aliphatic hydroxyl groups is 1. The first kappa shape index (κ1) is 29.0. The Morgan fingerprint density at radius 2 is 1.82 bits per heavy atom. The molecule has 0 saturated heterocycles. The number of rotatable bonds is 16. The zero-order valence-electron chi connectivity index (χ0n) is 19.5. The molecule has 0 heterocycles. The van der Waals surface area contributed by atoms with Crippen molar-refractivity contribution in [1.29, 1.82) is 0 Å².